The molecule has 0 spiro atoms. The molecule has 0 radical (unpaired) electrons. The second-order valence-corrected chi connectivity index (χ2v) is 5.53. The minimum Gasteiger partial charge on any atom is -0.488 e. The molecule has 1 aromatic carbocycles. The lowest BCUT2D eigenvalue weighted by atomic mass is 10.2. The highest BCUT2D eigenvalue weighted by Crippen LogP contribution is 2.39. The van der Waals surface area contributed by atoms with Crippen molar-refractivity contribution in [3.63, 3.8) is 0 Å². The Labute approximate surface area is 132 Å². The highest BCUT2D eigenvalue weighted by molar-refractivity contribution is 6.02. The number of amides is 1. The maximum Gasteiger partial charge on any atom is 0.276 e. The zero-order valence-electron chi connectivity index (χ0n) is 12.6. The first kappa shape index (κ1) is 15.5. The molecule has 1 fully saturated rings. The molecule has 1 saturated carbocycles. The number of carbonyl (C=O) groups is 1. The van der Waals surface area contributed by atoms with Crippen LogP contribution in [-0.4, -0.2) is 28.7 Å². The molecule has 3 rings (SSSR count). The molecule has 122 valence electrons. The number of hydrogen-bond donors (Lipinski definition) is 1. The zero-order chi connectivity index (χ0) is 16.4. The largest absolute Gasteiger partial charge is 0.488 e. The van der Waals surface area contributed by atoms with Crippen molar-refractivity contribution in [1.82, 2.24) is 9.78 Å². The summed E-state index contributed by atoms with van der Waals surface area (Å²) in [5.41, 5.74) is 2.00. The van der Waals surface area contributed by atoms with Gasteiger partial charge in [0.25, 0.3) is 12.3 Å². The molecular weight excluding hydrogens is 304 g/mol. The molecule has 1 aromatic heterocycles. The van der Waals surface area contributed by atoms with Crippen LogP contribution >= 0.6 is 0 Å². The van der Waals surface area contributed by atoms with Gasteiger partial charge in [0.15, 0.2) is 5.69 Å². The Morgan fingerprint density at radius 1 is 1.39 bits per heavy atom. The zero-order valence-corrected chi connectivity index (χ0v) is 12.6. The van der Waals surface area contributed by atoms with E-state index in [1.165, 1.54) is 12.1 Å². The van der Waals surface area contributed by atoms with Crippen molar-refractivity contribution in [3.8, 4) is 5.75 Å². The van der Waals surface area contributed by atoms with Gasteiger partial charge in [0.2, 0.25) is 0 Å². The second-order valence-electron chi connectivity index (χ2n) is 5.53. The summed E-state index contributed by atoms with van der Waals surface area (Å²) in [5, 5.41) is 6.96. The normalized spacial score (nSPS) is 14.1. The van der Waals surface area contributed by atoms with Crippen LogP contribution < -0.4 is 10.1 Å². The molecule has 1 aliphatic carbocycles. The molecule has 0 atom stereocenters. The molecule has 7 heteroatoms. The highest BCUT2D eigenvalue weighted by Gasteiger charge is 2.28. The van der Waals surface area contributed by atoms with Gasteiger partial charge in [-0.2, -0.15) is 5.10 Å². The Morgan fingerprint density at radius 2 is 2.09 bits per heavy atom. The molecule has 0 unspecified atom stereocenters. The van der Waals surface area contributed by atoms with Crippen LogP contribution in [0.3, 0.4) is 0 Å². The molecule has 0 aliphatic heterocycles. The summed E-state index contributed by atoms with van der Waals surface area (Å²) in [7, 11) is 1.83. The number of nitrogens with one attached hydrogen (secondary N) is 1. The monoisotopic (exact) mass is 321 g/mol. The van der Waals surface area contributed by atoms with Crippen LogP contribution in [0.5, 0.6) is 5.75 Å². The van der Waals surface area contributed by atoms with Crippen molar-refractivity contribution in [2.24, 2.45) is 7.05 Å². The topological polar surface area (TPSA) is 56.2 Å². The highest BCUT2D eigenvalue weighted by atomic mass is 19.3. The minimum atomic E-state index is -2.51. The van der Waals surface area contributed by atoms with Crippen LogP contribution in [0.2, 0.25) is 0 Å². The third-order valence-electron chi connectivity index (χ3n) is 3.63. The predicted octanol–water partition coefficient (Wildman–Crippen LogP) is 3.19. The fourth-order valence-corrected chi connectivity index (χ4v) is 2.34. The summed E-state index contributed by atoms with van der Waals surface area (Å²) in [5.74, 6) is 0.547. The van der Waals surface area contributed by atoms with E-state index in [1.807, 2.05) is 13.1 Å². The Morgan fingerprint density at radius 3 is 2.70 bits per heavy atom. The third-order valence-corrected chi connectivity index (χ3v) is 3.63. The van der Waals surface area contributed by atoms with Gasteiger partial charge in [-0.15, -0.1) is 0 Å². The number of halogens is 2. The van der Waals surface area contributed by atoms with Crippen molar-refractivity contribution < 1.29 is 18.3 Å². The van der Waals surface area contributed by atoms with Gasteiger partial charge >= 0.3 is 0 Å². The molecule has 1 aliphatic rings. The summed E-state index contributed by atoms with van der Waals surface area (Å²) in [6.45, 7) is -0.649. The summed E-state index contributed by atoms with van der Waals surface area (Å²) < 4.78 is 30.8. The van der Waals surface area contributed by atoms with E-state index in [2.05, 4.69) is 10.4 Å². The van der Waals surface area contributed by atoms with Gasteiger partial charge in [0.1, 0.15) is 12.4 Å². The van der Waals surface area contributed by atoms with Gasteiger partial charge in [0.05, 0.1) is 0 Å². The van der Waals surface area contributed by atoms with E-state index in [-0.39, 0.29) is 5.91 Å². The predicted molar refractivity (Wildman–Crippen MR) is 81.1 cm³/mol. The lowest BCUT2D eigenvalue weighted by Gasteiger charge is -2.07. The molecule has 1 heterocycles. The van der Waals surface area contributed by atoms with Crippen LogP contribution in [0.1, 0.15) is 34.9 Å². The number of ether oxygens (including phenoxy) is 1. The van der Waals surface area contributed by atoms with Crippen molar-refractivity contribution in [1.29, 1.82) is 0 Å². The quantitative estimate of drug-likeness (QED) is 0.889. The van der Waals surface area contributed by atoms with Crippen molar-refractivity contribution in [2.75, 3.05) is 11.9 Å². The Bertz CT molecular complexity index is 694. The first-order valence-electron chi connectivity index (χ1n) is 7.39. The number of aryl methyl sites for hydroxylation is 1. The molecular formula is C16H17F2N3O2. The molecule has 0 saturated heterocycles. The van der Waals surface area contributed by atoms with E-state index in [4.69, 9.17) is 4.74 Å². The van der Waals surface area contributed by atoms with E-state index in [9.17, 15) is 13.6 Å². The number of alkyl halides is 2. The molecule has 0 bridgehead atoms. The number of nitrogens with zero attached hydrogens (tertiary/aromatic N) is 2. The van der Waals surface area contributed by atoms with Gasteiger partial charge in [-0.25, -0.2) is 8.78 Å². The number of benzene rings is 1. The van der Waals surface area contributed by atoms with Crippen LogP contribution in [0.4, 0.5) is 14.5 Å². The van der Waals surface area contributed by atoms with E-state index >= 15 is 0 Å². The van der Waals surface area contributed by atoms with Crippen molar-refractivity contribution in [3.05, 3.63) is 41.7 Å². The Balaban J connectivity index is 1.62. The van der Waals surface area contributed by atoms with Gasteiger partial charge < -0.3 is 10.1 Å². The van der Waals surface area contributed by atoms with Gasteiger partial charge in [-0.05, 0) is 43.2 Å². The van der Waals surface area contributed by atoms with Crippen molar-refractivity contribution in [2.45, 2.75) is 25.2 Å². The minimum absolute atomic E-state index is 0.297. The summed E-state index contributed by atoms with van der Waals surface area (Å²) in [6.07, 6.45) is -0.236. The average molecular weight is 321 g/mol. The maximum atomic E-state index is 12.2. The molecule has 23 heavy (non-hydrogen) atoms. The fraction of sp³-hybridized carbons (Fsp3) is 0.375. The number of anilines is 1. The first-order chi connectivity index (χ1) is 11.0. The van der Waals surface area contributed by atoms with Gasteiger partial charge in [-0.3, -0.25) is 9.48 Å². The van der Waals surface area contributed by atoms with Crippen LogP contribution in [0.25, 0.3) is 0 Å². The number of hydrogen-bond acceptors (Lipinski definition) is 3. The number of aromatic nitrogens is 2. The maximum absolute atomic E-state index is 12.2. The van der Waals surface area contributed by atoms with Gasteiger partial charge in [0, 0.05) is 24.3 Å². The fourth-order valence-electron chi connectivity index (χ4n) is 2.34. The van der Waals surface area contributed by atoms with Gasteiger partial charge in [-0.1, -0.05) is 0 Å². The van der Waals surface area contributed by atoms with Crippen LogP contribution in [0.15, 0.2) is 30.3 Å². The number of carbonyl (C=O) groups excluding carboxylic acids is 1. The van der Waals surface area contributed by atoms with E-state index in [1.54, 1.807) is 16.8 Å². The molecule has 2 aromatic rings. The lowest BCUT2D eigenvalue weighted by Crippen LogP contribution is -2.13. The van der Waals surface area contributed by atoms with E-state index < -0.39 is 13.0 Å². The van der Waals surface area contributed by atoms with Crippen LogP contribution in [0, 0.1) is 0 Å². The van der Waals surface area contributed by atoms with E-state index in [0.717, 1.165) is 18.5 Å². The average Bonchev–Trinajstić information content (AvgIpc) is 3.29. The lowest BCUT2D eigenvalue weighted by molar-refractivity contribution is 0.0819. The summed E-state index contributed by atoms with van der Waals surface area (Å²) in [6, 6.07) is 8.08. The third kappa shape index (κ3) is 3.85. The number of rotatable bonds is 6. The SMILES string of the molecule is Cn1nc(C(=O)Nc2ccc(OCC(F)F)cc2)cc1C1CC1. The Kier molecular flexibility index (Phi) is 4.27. The smallest absolute Gasteiger partial charge is 0.276 e. The molecule has 1 amide bonds. The molecule has 5 nitrogen and oxygen atoms in total. The van der Waals surface area contributed by atoms with Crippen LogP contribution in [-0.2, 0) is 7.05 Å². The summed E-state index contributed by atoms with van der Waals surface area (Å²) in [4.78, 5) is 12.2. The molecule has 1 N–H and O–H groups in total. The first-order valence-corrected chi connectivity index (χ1v) is 7.39. The Hall–Kier alpha value is -2.44. The van der Waals surface area contributed by atoms with E-state index in [0.29, 0.717) is 23.0 Å². The van der Waals surface area contributed by atoms with Crippen molar-refractivity contribution >= 4 is 11.6 Å². The standard InChI is InChI=1S/C16H17F2N3O2/c1-21-14(10-2-3-10)8-13(20-21)16(22)19-11-4-6-12(7-5-11)23-9-15(17)18/h4-8,10,15H,2-3,9H2,1H3,(H,19,22). The second kappa shape index (κ2) is 6.36. The summed E-state index contributed by atoms with van der Waals surface area (Å²) >= 11 is 0.